The molecule has 5 rings (SSSR count). The second-order valence-electron chi connectivity index (χ2n) is 8.15. The van der Waals surface area contributed by atoms with Gasteiger partial charge in [-0.25, -0.2) is 0 Å². The van der Waals surface area contributed by atoms with Crippen molar-refractivity contribution in [2.75, 3.05) is 31.1 Å². The number of carbonyl (C=O) groups excluding carboxylic acids is 1. The minimum absolute atomic E-state index is 0.00110. The number of piperidine rings is 1. The fraction of sp³-hybridized carbons (Fsp3) is 0.391. The van der Waals surface area contributed by atoms with Gasteiger partial charge in [-0.15, -0.1) is 0 Å². The number of aromatic nitrogens is 1. The zero-order valence-electron chi connectivity index (χ0n) is 16.4. The zero-order valence-corrected chi connectivity index (χ0v) is 16.4. The number of nitrogens with zero attached hydrogens (tertiary/aromatic N) is 3. The van der Waals surface area contributed by atoms with Gasteiger partial charge in [0.05, 0.1) is 0 Å². The molecule has 2 aliphatic heterocycles. The third-order valence-corrected chi connectivity index (χ3v) is 6.30. The second kappa shape index (κ2) is 7.52. The van der Waals surface area contributed by atoms with Gasteiger partial charge in [0.1, 0.15) is 5.52 Å². The van der Waals surface area contributed by atoms with Crippen LogP contribution >= 0.6 is 0 Å². The van der Waals surface area contributed by atoms with Crippen LogP contribution in [0.4, 0.5) is 6.01 Å². The van der Waals surface area contributed by atoms with E-state index in [0.29, 0.717) is 12.6 Å². The van der Waals surface area contributed by atoms with Gasteiger partial charge in [-0.1, -0.05) is 42.5 Å². The van der Waals surface area contributed by atoms with Gasteiger partial charge in [0.25, 0.3) is 6.01 Å². The summed E-state index contributed by atoms with van der Waals surface area (Å²) in [6.45, 7) is 2.93. The van der Waals surface area contributed by atoms with Crippen molar-refractivity contribution in [2.45, 2.75) is 24.8 Å². The monoisotopic (exact) mass is 390 g/mol. The summed E-state index contributed by atoms with van der Waals surface area (Å²) in [6.07, 6.45) is 1.64. The minimum Gasteiger partial charge on any atom is -0.423 e. The molecule has 3 heterocycles. The summed E-state index contributed by atoms with van der Waals surface area (Å²) in [5, 5.41) is 0. The Kier molecular flexibility index (Phi) is 4.72. The fourth-order valence-electron chi connectivity index (χ4n) is 4.63. The summed E-state index contributed by atoms with van der Waals surface area (Å²) in [5.41, 5.74) is 9.28. The van der Waals surface area contributed by atoms with Gasteiger partial charge in [-0.05, 0) is 30.5 Å². The standard InChI is InChI=1S/C23H26N4O2/c24-19-15-27(14-18(19)16-6-2-1-3-7-16)22(28)17-10-12-26(13-11-17)23-25-20-8-4-5-9-21(20)29-23/h1-9,17-19H,10-15,24H2/t18-,19+/m0/s1. The van der Waals surface area contributed by atoms with E-state index in [9.17, 15) is 4.79 Å². The first-order valence-corrected chi connectivity index (χ1v) is 10.4. The number of hydrogen-bond acceptors (Lipinski definition) is 5. The van der Waals surface area contributed by atoms with Crippen molar-refractivity contribution in [1.82, 2.24) is 9.88 Å². The SMILES string of the molecule is N[C@@H]1CN(C(=O)C2CCN(c3nc4ccccc4o3)CC2)C[C@H]1c1ccccc1. The fourth-order valence-corrected chi connectivity index (χ4v) is 4.63. The van der Waals surface area contributed by atoms with Gasteiger partial charge in [-0.2, -0.15) is 4.98 Å². The van der Waals surface area contributed by atoms with Gasteiger partial charge in [-0.3, -0.25) is 4.79 Å². The molecule has 29 heavy (non-hydrogen) atoms. The third kappa shape index (κ3) is 3.49. The Bertz CT molecular complexity index is 961. The number of anilines is 1. The predicted octanol–water partition coefficient (Wildman–Crippen LogP) is 3.00. The van der Waals surface area contributed by atoms with Crippen LogP contribution in [0.25, 0.3) is 11.1 Å². The number of benzene rings is 2. The van der Waals surface area contributed by atoms with Crippen LogP contribution in [0.15, 0.2) is 59.0 Å². The van der Waals surface area contributed by atoms with Crippen molar-refractivity contribution in [3.63, 3.8) is 0 Å². The summed E-state index contributed by atoms with van der Waals surface area (Å²) < 4.78 is 5.88. The highest BCUT2D eigenvalue weighted by molar-refractivity contribution is 5.80. The van der Waals surface area contributed by atoms with Crippen LogP contribution in [0.5, 0.6) is 0 Å². The van der Waals surface area contributed by atoms with Crippen LogP contribution in [0.3, 0.4) is 0 Å². The van der Waals surface area contributed by atoms with Crippen molar-refractivity contribution < 1.29 is 9.21 Å². The Labute approximate surface area is 170 Å². The molecular formula is C23H26N4O2. The molecule has 2 aliphatic rings. The molecule has 1 aromatic heterocycles. The molecule has 6 heteroatoms. The first kappa shape index (κ1) is 18.2. The van der Waals surface area contributed by atoms with E-state index < -0.39 is 0 Å². The van der Waals surface area contributed by atoms with Gasteiger partial charge >= 0.3 is 0 Å². The smallest absolute Gasteiger partial charge is 0.298 e. The van der Waals surface area contributed by atoms with Gasteiger partial charge < -0.3 is 20.0 Å². The summed E-state index contributed by atoms with van der Waals surface area (Å²) in [5.74, 6) is 0.522. The number of likely N-dealkylation sites (tertiary alicyclic amines) is 1. The van der Waals surface area contributed by atoms with Crippen molar-refractivity contribution >= 4 is 23.0 Å². The summed E-state index contributed by atoms with van der Waals surface area (Å²) >= 11 is 0. The van der Waals surface area contributed by atoms with E-state index in [4.69, 9.17) is 10.2 Å². The Morgan fingerprint density at radius 1 is 1.00 bits per heavy atom. The number of hydrogen-bond donors (Lipinski definition) is 1. The molecule has 3 aromatic rings. The molecule has 2 N–H and O–H groups in total. The molecule has 0 saturated carbocycles. The lowest BCUT2D eigenvalue weighted by Gasteiger charge is -2.32. The van der Waals surface area contributed by atoms with E-state index in [1.807, 2.05) is 47.4 Å². The Morgan fingerprint density at radius 3 is 2.48 bits per heavy atom. The molecule has 0 bridgehead atoms. The molecule has 1 amide bonds. The maximum Gasteiger partial charge on any atom is 0.298 e. The van der Waals surface area contributed by atoms with Crippen molar-refractivity contribution in [3.05, 3.63) is 60.2 Å². The first-order valence-electron chi connectivity index (χ1n) is 10.4. The van der Waals surface area contributed by atoms with Crippen LogP contribution in [-0.2, 0) is 4.79 Å². The lowest BCUT2D eigenvalue weighted by Crippen LogP contribution is -2.42. The largest absolute Gasteiger partial charge is 0.423 e. The summed E-state index contributed by atoms with van der Waals surface area (Å²) in [7, 11) is 0. The third-order valence-electron chi connectivity index (χ3n) is 6.30. The number of rotatable bonds is 3. The van der Waals surface area contributed by atoms with E-state index in [-0.39, 0.29) is 23.8 Å². The first-order chi connectivity index (χ1) is 14.2. The number of nitrogens with two attached hydrogens (primary N) is 1. The van der Waals surface area contributed by atoms with Gasteiger partial charge in [0, 0.05) is 44.1 Å². The van der Waals surface area contributed by atoms with Crippen LogP contribution in [0, 0.1) is 5.92 Å². The molecule has 2 atom stereocenters. The van der Waals surface area contributed by atoms with Crippen LogP contribution in [0.1, 0.15) is 24.3 Å². The van der Waals surface area contributed by atoms with Crippen LogP contribution in [0.2, 0.25) is 0 Å². The number of carbonyl (C=O) groups is 1. The molecule has 2 aromatic carbocycles. The lowest BCUT2D eigenvalue weighted by atomic mass is 9.94. The van der Waals surface area contributed by atoms with Crippen molar-refractivity contribution in [1.29, 1.82) is 0 Å². The number of para-hydroxylation sites is 2. The van der Waals surface area contributed by atoms with Crippen molar-refractivity contribution in [2.24, 2.45) is 11.7 Å². The van der Waals surface area contributed by atoms with Crippen molar-refractivity contribution in [3.8, 4) is 0 Å². The lowest BCUT2D eigenvalue weighted by molar-refractivity contribution is -0.135. The highest BCUT2D eigenvalue weighted by Crippen LogP contribution is 2.31. The summed E-state index contributed by atoms with van der Waals surface area (Å²) in [4.78, 5) is 21.8. The van der Waals surface area contributed by atoms with Crippen LogP contribution < -0.4 is 10.6 Å². The van der Waals surface area contributed by atoms with Gasteiger partial charge in [0.2, 0.25) is 5.91 Å². The zero-order chi connectivity index (χ0) is 19.8. The van der Waals surface area contributed by atoms with E-state index in [0.717, 1.165) is 43.6 Å². The molecular weight excluding hydrogens is 364 g/mol. The Morgan fingerprint density at radius 2 is 1.72 bits per heavy atom. The maximum absolute atomic E-state index is 13.1. The molecule has 2 saturated heterocycles. The molecule has 6 nitrogen and oxygen atoms in total. The Balaban J connectivity index is 1.21. The minimum atomic E-state index is 0.00110. The molecule has 2 fully saturated rings. The summed E-state index contributed by atoms with van der Waals surface area (Å²) in [6, 6.07) is 18.8. The molecule has 0 aliphatic carbocycles. The number of fused-ring (bicyclic) bond motifs is 1. The van der Waals surface area contributed by atoms with Crippen LogP contribution in [-0.4, -0.2) is 48.0 Å². The van der Waals surface area contributed by atoms with Gasteiger partial charge in [0.15, 0.2) is 5.58 Å². The van der Waals surface area contributed by atoms with E-state index in [1.54, 1.807) is 0 Å². The van der Waals surface area contributed by atoms with E-state index in [2.05, 4.69) is 22.0 Å². The Hall–Kier alpha value is -2.86. The second-order valence-corrected chi connectivity index (χ2v) is 8.15. The molecule has 0 spiro atoms. The average molecular weight is 390 g/mol. The number of amides is 1. The highest BCUT2D eigenvalue weighted by Gasteiger charge is 2.37. The maximum atomic E-state index is 13.1. The normalized spacial score (nSPS) is 23.1. The number of oxazole rings is 1. The van der Waals surface area contributed by atoms with E-state index >= 15 is 0 Å². The average Bonchev–Trinajstić information content (AvgIpc) is 3.37. The quantitative estimate of drug-likeness (QED) is 0.744. The molecule has 0 unspecified atom stereocenters. The molecule has 150 valence electrons. The predicted molar refractivity (Wildman–Crippen MR) is 113 cm³/mol. The molecule has 0 radical (unpaired) electrons. The van der Waals surface area contributed by atoms with E-state index in [1.165, 1.54) is 5.56 Å². The highest BCUT2D eigenvalue weighted by atomic mass is 16.4. The topological polar surface area (TPSA) is 75.6 Å².